The number of fused-ring (bicyclic) bond motifs is 1. The minimum atomic E-state index is 1.10. The summed E-state index contributed by atoms with van der Waals surface area (Å²) in [6.45, 7) is 2.15. The standard InChI is InChI=1S/C9H9NS2/c1-2-11-9-10-7-5-3-4-6-8(7)12-9/h3-6H,2H2,1H3. The Morgan fingerprint density at radius 3 is 3.00 bits per heavy atom. The fourth-order valence-corrected chi connectivity index (χ4v) is 3.00. The van der Waals surface area contributed by atoms with E-state index in [4.69, 9.17) is 0 Å². The summed E-state index contributed by atoms with van der Waals surface area (Å²) in [4.78, 5) is 4.48. The first-order valence-corrected chi connectivity index (χ1v) is 5.68. The largest absolute Gasteiger partial charge is 0.230 e. The van der Waals surface area contributed by atoms with Crippen LogP contribution in [0.25, 0.3) is 10.2 Å². The first kappa shape index (κ1) is 8.08. The van der Waals surface area contributed by atoms with Gasteiger partial charge < -0.3 is 0 Å². The Labute approximate surface area is 79.8 Å². The van der Waals surface area contributed by atoms with E-state index < -0.39 is 0 Å². The smallest absolute Gasteiger partial charge is 0.151 e. The SMILES string of the molecule is CCSc1nc2ccccc2s1. The van der Waals surface area contributed by atoms with Gasteiger partial charge >= 0.3 is 0 Å². The Morgan fingerprint density at radius 2 is 2.25 bits per heavy atom. The van der Waals surface area contributed by atoms with Crippen LogP contribution in [0.15, 0.2) is 28.6 Å². The maximum absolute atomic E-state index is 4.48. The van der Waals surface area contributed by atoms with Gasteiger partial charge in [-0.1, -0.05) is 30.8 Å². The molecule has 0 radical (unpaired) electrons. The first-order chi connectivity index (χ1) is 5.90. The van der Waals surface area contributed by atoms with E-state index in [1.807, 2.05) is 17.8 Å². The number of nitrogens with zero attached hydrogens (tertiary/aromatic N) is 1. The second-order valence-electron chi connectivity index (χ2n) is 2.38. The van der Waals surface area contributed by atoms with Gasteiger partial charge in [-0.05, 0) is 17.9 Å². The second-order valence-corrected chi connectivity index (χ2v) is 4.92. The van der Waals surface area contributed by atoms with E-state index in [2.05, 4.69) is 30.1 Å². The summed E-state index contributed by atoms with van der Waals surface area (Å²) in [6, 6.07) is 8.27. The van der Waals surface area contributed by atoms with Crippen molar-refractivity contribution >= 4 is 33.3 Å². The zero-order valence-corrected chi connectivity index (χ0v) is 8.41. The van der Waals surface area contributed by atoms with E-state index >= 15 is 0 Å². The highest BCUT2D eigenvalue weighted by atomic mass is 32.2. The summed E-state index contributed by atoms with van der Waals surface area (Å²) in [5, 5.41) is 0. The van der Waals surface area contributed by atoms with E-state index in [-0.39, 0.29) is 0 Å². The van der Waals surface area contributed by atoms with Crippen LogP contribution in [-0.2, 0) is 0 Å². The molecule has 0 atom stereocenters. The van der Waals surface area contributed by atoms with E-state index in [9.17, 15) is 0 Å². The molecule has 0 bridgehead atoms. The van der Waals surface area contributed by atoms with Crippen LogP contribution in [0.3, 0.4) is 0 Å². The maximum Gasteiger partial charge on any atom is 0.151 e. The third-order valence-corrected chi connectivity index (χ3v) is 3.60. The van der Waals surface area contributed by atoms with E-state index in [1.165, 1.54) is 9.04 Å². The fourth-order valence-electron chi connectivity index (χ4n) is 1.04. The van der Waals surface area contributed by atoms with Crippen molar-refractivity contribution in [2.24, 2.45) is 0 Å². The summed E-state index contributed by atoms with van der Waals surface area (Å²) in [5.41, 5.74) is 1.12. The molecular formula is C9H9NS2. The topological polar surface area (TPSA) is 12.9 Å². The van der Waals surface area contributed by atoms with Crippen molar-refractivity contribution in [1.29, 1.82) is 0 Å². The molecule has 12 heavy (non-hydrogen) atoms. The predicted molar refractivity (Wildman–Crippen MR) is 56.0 cm³/mol. The summed E-state index contributed by atoms with van der Waals surface area (Å²) >= 11 is 3.58. The zero-order chi connectivity index (χ0) is 8.39. The molecular weight excluding hydrogens is 186 g/mol. The Kier molecular flexibility index (Phi) is 2.33. The lowest BCUT2D eigenvalue weighted by Gasteiger charge is -1.84. The number of hydrogen-bond acceptors (Lipinski definition) is 3. The molecule has 0 aliphatic carbocycles. The van der Waals surface area contributed by atoms with Gasteiger partial charge in [-0.2, -0.15) is 0 Å². The second kappa shape index (κ2) is 3.46. The highest BCUT2D eigenvalue weighted by molar-refractivity contribution is 8.01. The number of hydrogen-bond donors (Lipinski definition) is 0. The van der Waals surface area contributed by atoms with Crippen molar-refractivity contribution in [1.82, 2.24) is 4.98 Å². The van der Waals surface area contributed by atoms with Crippen LogP contribution in [0.2, 0.25) is 0 Å². The molecule has 2 aromatic rings. The van der Waals surface area contributed by atoms with Crippen LogP contribution >= 0.6 is 23.1 Å². The molecule has 62 valence electrons. The number of rotatable bonds is 2. The molecule has 0 unspecified atom stereocenters. The summed E-state index contributed by atoms with van der Waals surface area (Å²) in [6.07, 6.45) is 0. The number of thioether (sulfide) groups is 1. The van der Waals surface area contributed by atoms with E-state index in [1.54, 1.807) is 11.3 Å². The Hall–Kier alpha value is -0.540. The van der Waals surface area contributed by atoms with Crippen molar-refractivity contribution in [3.63, 3.8) is 0 Å². The van der Waals surface area contributed by atoms with E-state index in [0.717, 1.165) is 11.3 Å². The van der Waals surface area contributed by atoms with Gasteiger partial charge in [0.2, 0.25) is 0 Å². The highest BCUT2D eigenvalue weighted by Gasteiger charge is 2.00. The average molecular weight is 195 g/mol. The molecule has 2 rings (SSSR count). The molecule has 0 amide bonds. The molecule has 0 aliphatic heterocycles. The third kappa shape index (κ3) is 1.47. The summed E-state index contributed by atoms with van der Waals surface area (Å²) in [7, 11) is 0. The molecule has 1 aromatic carbocycles. The number of aromatic nitrogens is 1. The molecule has 0 N–H and O–H groups in total. The third-order valence-electron chi connectivity index (χ3n) is 1.54. The normalized spacial score (nSPS) is 10.8. The van der Waals surface area contributed by atoms with Gasteiger partial charge in [-0.15, -0.1) is 11.3 Å². The maximum atomic E-state index is 4.48. The summed E-state index contributed by atoms with van der Waals surface area (Å²) in [5.74, 6) is 1.10. The number of thiazole rings is 1. The van der Waals surface area contributed by atoms with Crippen molar-refractivity contribution in [2.45, 2.75) is 11.3 Å². The Bertz CT molecular complexity index is 348. The monoisotopic (exact) mass is 195 g/mol. The van der Waals surface area contributed by atoms with Crippen LogP contribution in [-0.4, -0.2) is 10.7 Å². The fraction of sp³-hybridized carbons (Fsp3) is 0.222. The lowest BCUT2D eigenvalue weighted by molar-refractivity contribution is 1.30. The Morgan fingerprint density at radius 1 is 1.42 bits per heavy atom. The molecule has 0 spiro atoms. The quantitative estimate of drug-likeness (QED) is 0.681. The average Bonchev–Trinajstić information content (AvgIpc) is 2.47. The zero-order valence-electron chi connectivity index (χ0n) is 6.78. The lowest BCUT2D eigenvalue weighted by Crippen LogP contribution is -1.68. The molecule has 1 heterocycles. The van der Waals surface area contributed by atoms with Crippen LogP contribution < -0.4 is 0 Å². The minimum Gasteiger partial charge on any atom is -0.230 e. The molecule has 0 aliphatic rings. The van der Waals surface area contributed by atoms with Gasteiger partial charge in [0, 0.05) is 0 Å². The van der Waals surface area contributed by atoms with Crippen molar-refractivity contribution < 1.29 is 0 Å². The highest BCUT2D eigenvalue weighted by Crippen LogP contribution is 2.28. The van der Waals surface area contributed by atoms with Crippen LogP contribution in [0, 0.1) is 0 Å². The first-order valence-electron chi connectivity index (χ1n) is 3.88. The van der Waals surface area contributed by atoms with Gasteiger partial charge in [0.25, 0.3) is 0 Å². The van der Waals surface area contributed by atoms with Crippen molar-refractivity contribution in [2.75, 3.05) is 5.75 Å². The van der Waals surface area contributed by atoms with Gasteiger partial charge in [-0.3, -0.25) is 0 Å². The van der Waals surface area contributed by atoms with Crippen LogP contribution in [0.5, 0.6) is 0 Å². The molecule has 3 heteroatoms. The van der Waals surface area contributed by atoms with Crippen molar-refractivity contribution in [3.8, 4) is 0 Å². The minimum absolute atomic E-state index is 1.10. The number of para-hydroxylation sites is 1. The molecule has 1 aromatic heterocycles. The van der Waals surface area contributed by atoms with Crippen LogP contribution in [0.1, 0.15) is 6.92 Å². The van der Waals surface area contributed by atoms with Gasteiger partial charge in [0.15, 0.2) is 4.34 Å². The predicted octanol–water partition coefficient (Wildman–Crippen LogP) is 3.41. The van der Waals surface area contributed by atoms with E-state index in [0.29, 0.717) is 0 Å². The summed E-state index contributed by atoms with van der Waals surface area (Å²) < 4.78 is 2.46. The van der Waals surface area contributed by atoms with Gasteiger partial charge in [-0.25, -0.2) is 4.98 Å². The molecule has 0 saturated heterocycles. The van der Waals surface area contributed by atoms with Crippen molar-refractivity contribution in [3.05, 3.63) is 24.3 Å². The van der Waals surface area contributed by atoms with Gasteiger partial charge in [0.1, 0.15) is 0 Å². The molecule has 0 fully saturated rings. The molecule has 1 nitrogen and oxygen atoms in total. The van der Waals surface area contributed by atoms with Gasteiger partial charge in [0.05, 0.1) is 10.2 Å². The lowest BCUT2D eigenvalue weighted by atomic mass is 10.3. The van der Waals surface area contributed by atoms with Crippen LogP contribution in [0.4, 0.5) is 0 Å². The number of benzene rings is 1. The Balaban J connectivity index is 2.47. The molecule has 0 saturated carbocycles.